The second-order valence-electron chi connectivity index (χ2n) is 8.32. The molecule has 2 heterocycles. The molecule has 0 aliphatic carbocycles. The Kier molecular flexibility index (Phi) is 8.89. The molecule has 0 saturated heterocycles. The van der Waals surface area contributed by atoms with Crippen molar-refractivity contribution in [2.24, 2.45) is 0 Å². The molecule has 0 bridgehead atoms. The molecule has 0 radical (unpaired) electrons. The van der Waals surface area contributed by atoms with E-state index in [0.717, 1.165) is 22.4 Å². The smallest absolute Gasteiger partial charge is 0.347 e. The number of nitrogens with one attached hydrogen (secondary N) is 1. The van der Waals surface area contributed by atoms with Gasteiger partial charge in [-0.3, -0.25) is 9.78 Å². The molecule has 37 heavy (non-hydrogen) atoms. The van der Waals surface area contributed by atoms with E-state index >= 15 is 0 Å². The largest absolute Gasteiger partial charge is 0.492 e. The number of hydrogen-bond donors (Lipinski definition) is 1. The van der Waals surface area contributed by atoms with Gasteiger partial charge in [-0.25, -0.2) is 4.79 Å². The minimum absolute atomic E-state index is 0.165. The van der Waals surface area contributed by atoms with Gasteiger partial charge in [-0.05, 0) is 65.9 Å². The third-order valence-electron chi connectivity index (χ3n) is 5.54. The highest BCUT2D eigenvalue weighted by Crippen LogP contribution is 2.25. The van der Waals surface area contributed by atoms with Gasteiger partial charge in [0.2, 0.25) is 6.10 Å². The molecule has 1 N–H and O–H groups in total. The van der Waals surface area contributed by atoms with Crippen LogP contribution in [-0.4, -0.2) is 43.2 Å². The topological polar surface area (TPSA) is 86.8 Å². The third-order valence-corrected chi connectivity index (χ3v) is 6.47. The molecule has 0 fully saturated rings. The van der Waals surface area contributed by atoms with E-state index in [1.807, 2.05) is 73.0 Å². The van der Waals surface area contributed by atoms with Crippen LogP contribution < -0.4 is 14.8 Å². The van der Waals surface area contributed by atoms with Crippen LogP contribution in [0.4, 0.5) is 0 Å². The lowest BCUT2D eigenvalue weighted by Crippen LogP contribution is -2.30. The summed E-state index contributed by atoms with van der Waals surface area (Å²) in [5.74, 6) is 0.0805. The zero-order valence-corrected chi connectivity index (χ0v) is 21.5. The summed E-state index contributed by atoms with van der Waals surface area (Å²) in [6.07, 6.45) is 1.38. The van der Waals surface area contributed by atoms with Crippen LogP contribution >= 0.6 is 11.3 Å². The Morgan fingerprint density at radius 3 is 2.46 bits per heavy atom. The number of methoxy groups -OCH3 is 1. The number of thiophene rings is 1. The summed E-state index contributed by atoms with van der Waals surface area (Å²) in [7, 11) is 1.35. The minimum Gasteiger partial charge on any atom is -0.492 e. The number of nitrogens with zero attached hydrogens (tertiary/aromatic N) is 1. The van der Waals surface area contributed by atoms with E-state index in [1.54, 1.807) is 18.3 Å². The lowest BCUT2D eigenvalue weighted by Gasteiger charge is -2.16. The number of pyridine rings is 1. The maximum absolute atomic E-state index is 12.4. The van der Waals surface area contributed by atoms with E-state index in [1.165, 1.54) is 18.4 Å². The van der Waals surface area contributed by atoms with Gasteiger partial charge in [-0.15, -0.1) is 11.3 Å². The van der Waals surface area contributed by atoms with Gasteiger partial charge in [-0.1, -0.05) is 30.3 Å². The summed E-state index contributed by atoms with van der Waals surface area (Å²) in [5, 5.41) is 5.51. The summed E-state index contributed by atoms with van der Waals surface area (Å²) in [6.45, 7) is 2.66. The normalized spacial score (nSPS) is 11.4. The van der Waals surface area contributed by atoms with Gasteiger partial charge in [0.15, 0.2) is 5.06 Å². The van der Waals surface area contributed by atoms with Crippen molar-refractivity contribution in [1.82, 2.24) is 10.3 Å². The molecule has 1 atom stereocenters. The number of aryl methyl sites for hydroxylation is 1. The van der Waals surface area contributed by atoms with Crippen molar-refractivity contribution in [2.45, 2.75) is 19.4 Å². The number of benzene rings is 2. The van der Waals surface area contributed by atoms with Crippen molar-refractivity contribution >= 4 is 23.2 Å². The Balaban J connectivity index is 1.23. The zero-order valence-electron chi connectivity index (χ0n) is 20.7. The first-order valence-corrected chi connectivity index (χ1v) is 12.7. The Bertz CT molecular complexity index is 1300. The zero-order chi connectivity index (χ0) is 26.0. The average Bonchev–Trinajstić information content (AvgIpc) is 3.36. The van der Waals surface area contributed by atoms with Crippen LogP contribution in [0.3, 0.4) is 0 Å². The van der Waals surface area contributed by atoms with Crippen molar-refractivity contribution in [1.29, 1.82) is 0 Å². The fraction of sp³-hybridized carbons (Fsp3) is 0.207. The fourth-order valence-corrected chi connectivity index (χ4v) is 4.40. The fourth-order valence-electron chi connectivity index (χ4n) is 3.61. The van der Waals surface area contributed by atoms with Crippen molar-refractivity contribution in [2.75, 3.05) is 20.3 Å². The average molecular weight is 517 g/mol. The van der Waals surface area contributed by atoms with E-state index in [9.17, 15) is 9.59 Å². The summed E-state index contributed by atoms with van der Waals surface area (Å²) in [6, 6.07) is 22.4. The van der Waals surface area contributed by atoms with Crippen LogP contribution in [-0.2, 0) is 16.0 Å². The van der Waals surface area contributed by atoms with Crippen LogP contribution in [0.5, 0.6) is 10.8 Å². The van der Waals surface area contributed by atoms with E-state index in [-0.39, 0.29) is 5.91 Å². The first-order valence-electron chi connectivity index (χ1n) is 11.8. The summed E-state index contributed by atoms with van der Waals surface area (Å²) >= 11 is 1.45. The quantitative estimate of drug-likeness (QED) is 0.221. The standard InChI is InChI=1S/C29H28N2O5S/c1-20-17-27(37-19-20)36-26(29(33)34-2)18-21-6-12-24(13-7-21)35-16-15-31-28(32)23-10-8-22(9-11-23)25-5-3-4-14-30-25/h3-14,17,19,26H,15-16,18H2,1-2H3,(H,31,32). The van der Waals surface area contributed by atoms with Gasteiger partial charge in [0.25, 0.3) is 5.91 Å². The van der Waals surface area contributed by atoms with Gasteiger partial charge < -0.3 is 19.5 Å². The lowest BCUT2D eigenvalue weighted by atomic mass is 10.1. The Morgan fingerprint density at radius 1 is 1.03 bits per heavy atom. The molecule has 8 heteroatoms. The molecule has 7 nitrogen and oxygen atoms in total. The second-order valence-corrected chi connectivity index (χ2v) is 9.19. The van der Waals surface area contributed by atoms with Crippen LogP contribution in [0, 0.1) is 6.92 Å². The first kappa shape index (κ1) is 25.9. The van der Waals surface area contributed by atoms with Gasteiger partial charge in [0.1, 0.15) is 12.4 Å². The number of esters is 1. The SMILES string of the molecule is COC(=O)C(Cc1ccc(OCCNC(=O)c2ccc(-c3ccccn3)cc2)cc1)Oc1cc(C)cs1. The summed E-state index contributed by atoms with van der Waals surface area (Å²) in [5.41, 5.74) is 4.39. The summed E-state index contributed by atoms with van der Waals surface area (Å²) < 4.78 is 16.5. The highest BCUT2D eigenvalue weighted by Gasteiger charge is 2.22. The highest BCUT2D eigenvalue weighted by atomic mass is 32.1. The Morgan fingerprint density at radius 2 is 1.81 bits per heavy atom. The second kappa shape index (κ2) is 12.7. The van der Waals surface area contributed by atoms with Crippen LogP contribution in [0.15, 0.2) is 84.4 Å². The van der Waals surface area contributed by atoms with Gasteiger partial charge in [0, 0.05) is 23.7 Å². The predicted octanol–water partition coefficient (Wildman–Crippen LogP) is 5.09. The lowest BCUT2D eigenvalue weighted by molar-refractivity contribution is -0.148. The monoisotopic (exact) mass is 516 g/mol. The molecule has 1 amide bonds. The number of amides is 1. The molecule has 0 aliphatic rings. The molecule has 2 aromatic heterocycles. The van der Waals surface area contributed by atoms with Crippen molar-refractivity contribution in [3.8, 4) is 22.1 Å². The van der Waals surface area contributed by atoms with Crippen molar-refractivity contribution in [3.05, 3.63) is 101 Å². The predicted molar refractivity (Wildman–Crippen MR) is 143 cm³/mol. The molecule has 4 aromatic rings. The van der Waals surface area contributed by atoms with Crippen LogP contribution in [0.25, 0.3) is 11.3 Å². The molecule has 0 spiro atoms. The van der Waals surface area contributed by atoms with Crippen molar-refractivity contribution < 1.29 is 23.8 Å². The van der Waals surface area contributed by atoms with E-state index in [2.05, 4.69) is 10.3 Å². The van der Waals surface area contributed by atoms with E-state index in [0.29, 0.717) is 35.9 Å². The third kappa shape index (κ3) is 7.41. The molecule has 2 aromatic carbocycles. The maximum Gasteiger partial charge on any atom is 0.347 e. The number of rotatable bonds is 11. The van der Waals surface area contributed by atoms with Crippen LogP contribution in [0.2, 0.25) is 0 Å². The molecule has 190 valence electrons. The maximum atomic E-state index is 12.4. The highest BCUT2D eigenvalue weighted by molar-refractivity contribution is 7.12. The van der Waals surface area contributed by atoms with Gasteiger partial charge >= 0.3 is 5.97 Å². The molecule has 1 unspecified atom stereocenters. The molecule has 0 aliphatic heterocycles. The van der Waals surface area contributed by atoms with Gasteiger partial charge in [-0.2, -0.15) is 0 Å². The minimum atomic E-state index is -0.733. The molecular formula is C29H28N2O5S. The van der Waals surface area contributed by atoms with Crippen LogP contribution in [0.1, 0.15) is 21.5 Å². The summed E-state index contributed by atoms with van der Waals surface area (Å²) in [4.78, 5) is 29.0. The molecule has 0 saturated carbocycles. The number of ether oxygens (including phenoxy) is 3. The number of hydrogen-bond acceptors (Lipinski definition) is 7. The first-order chi connectivity index (χ1) is 18.0. The Hall–Kier alpha value is -4.17. The Labute approximate surface area is 220 Å². The van der Waals surface area contributed by atoms with Gasteiger partial charge in [0.05, 0.1) is 19.3 Å². The number of aromatic nitrogens is 1. The van der Waals surface area contributed by atoms with E-state index < -0.39 is 12.1 Å². The van der Waals surface area contributed by atoms with Crippen molar-refractivity contribution in [3.63, 3.8) is 0 Å². The van der Waals surface area contributed by atoms with E-state index in [4.69, 9.17) is 14.2 Å². The molecule has 4 rings (SSSR count). The number of carbonyl (C=O) groups excluding carboxylic acids is 2. The molecular weight excluding hydrogens is 488 g/mol. The number of carbonyl (C=O) groups is 2.